The highest BCUT2D eigenvalue weighted by molar-refractivity contribution is 7.17. The number of rotatable bonds is 4. The fraction of sp³-hybridized carbons (Fsp3) is 0.667. The van der Waals surface area contributed by atoms with Gasteiger partial charge in [-0.3, -0.25) is 4.79 Å². The number of hydrogen-bond acceptors (Lipinski definition) is 5. The van der Waals surface area contributed by atoms with Crippen LogP contribution in [0.2, 0.25) is 0 Å². The van der Waals surface area contributed by atoms with Crippen LogP contribution >= 0.6 is 11.3 Å². The van der Waals surface area contributed by atoms with E-state index < -0.39 is 0 Å². The van der Waals surface area contributed by atoms with Crippen LogP contribution in [0.1, 0.15) is 23.5 Å². The molecule has 100 valence electrons. The summed E-state index contributed by atoms with van der Waals surface area (Å²) in [6, 6.07) is 0. The van der Waals surface area contributed by atoms with Crippen molar-refractivity contribution in [1.82, 2.24) is 15.2 Å². The summed E-state index contributed by atoms with van der Waals surface area (Å²) in [5.41, 5.74) is 0. The van der Waals surface area contributed by atoms with Gasteiger partial charge in [-0.05, 0) is 13.8 Å². The first kappa shape index (κ1) is 13.3. The Balaban J connectivity index is 2.06. The van der Waals surface area contributed by atoms with Crippen molar-refractivity contribution < 1.29 is 4.79 Å². The van der Waals surface area contributed by atoms with Crippen molar-refractivity contribution in [3.05, 3.63) is 11.1 Å². The highest BCUT2D eigenvalue weighted by atomic mass is 32.1. The van der Waals surface area contributed by atoms with Gasteiger partial charge >= 0.3 is 0 Å². The normalized spacial score (nSPS) is 15.8. The molecule has 1 N–H and O–H groups in total. The molecule has 0 atom stereocenters. The summed E-state index contributed by atoms with van der Waals surface area (Å²) in [5, 5.41) is 4.19. The van der Waals surface area contributed by atoms with Crippen LogP contribution in [0.25, 0.3) is 0 Å². The molecule has 5 nitrogen and oxygen atoms in total. The summed E-state index contributed by atoms with van der Waals surface area (Å²) < 4.78 is 0. The summed E-state index contributed by atoms with van der Waals surface area (Å²) >= 11 is 1.50. The molecule has 1 amide bonds. The number of amides is 1. The van der Waals surface area contributed by atoms with Gasteiger partial charge in [-0.25, -0.2) is 4.98 Å². The number of hydrogen-bond donors (Lipinski definition) is 1. The summed E-state index contributed by atoms with van der Waals surface area (Å²) in [5.74, 6) is 0.118. The van der Waals surface area contributed by atoms with Crippen molar-refractivity contribution in [3.8, 4) is 0 Å². The lowest BCUT2D eigenvalue weighted by Crippen LogP contribution is -2.46. The molecular formula is C12H20N4OS. The standard InChI is InChI=1S/C12H20N4OS/c1-3-15(4-2)12-14-9-10(18-12)11(17)16-7-5-13-6-8-16/h9,13H,3-8H2,1-2H3. The lowest BCUT2D eigenvalue weighted by atomic mass is 10.3. The zero-order valence-corrected chi connectivity index (χ0v) is 11.8. The second kappa shape index (κ2) is 6.15. The van der Waals surface area contributed by atoms with E-state index in [1.54, 1.807) is 6.20 Å². The van der Waals surface area contributed by atoms with Crippen LogP contribution in [-0.4, -0.2) is 55.1 Å². The van der Waals surface area contributed by atoms with Crippen LogP contribution in [0.3, 0.4) is 0 Å². The maximum absolute atomic E-state index is 12.3. The third-order valence-corrected chi connectivity index (χ3v) is 4.19. The van der Waals surface area contributed by atoms with Gasteiger partial charge in [0, 0.05) is 39.3 Å². The van der Waals surface area contributed by atoms with Crippen molar-refractivity contribution in [2.24, 2.45) is 0 Å². The lowest BCUT2D eigenvalue weighted by molar-refractivity contribution is 0.0740. The van der Waals surface area contributed by atoms with Gasteiger partial charge in [0.25, 0.3) is 5.91 Å². The minimum atomic E-state index is 0.118. The van der Waals surface area contributed by atoms with E-state index in [2.05, 4.69) is 29.0 Å². The molecule has 0 unspecified atom stereocenters. The van der Waals surface area contributed by atoms with Gasteiger partial charge in [0.2, 0.25) is 0 Å². The van der Waals surface area contributed by atoms with Crippen molar-refractivity contribution in [1.29, 1.82) is 0 Å². The molecule has 0 aliphatic carbocycles. The summed E-state index contributed by atoms with van der Waals surface area (Å²) in [6.07, 6.45) is 1.71. The highest BCUT2D eigenvalue weighted by Gasteiger charge is 2.20. The quantitative estimate of drug-likeness (QED) is 0.886. The first-order valence-electron chi connectivity index (χ1n) is 6.47. The smallest absolute Gasteiger partial charge is 0.265 e. The van der Waals surface area contributed by atoms with E-state index in [0.29, 0.717) is 0 Å². The molecule has 2 rings (SSSR count). The highest BCUT2D eigenvalue weighted by Crippen LogP contribution is 2.23. The zero-order valence-electron chi connectivity index (χ0n) is 11.0. The molecule has 1 saturated heterocycles. The molecule has 1 aliphatic heterocycles. The minimum Gasteiger partial charge on any atom is -0.349 e. The van der Waals surface area contributed by atoms with Crippen molar-refractivity contribution in [3.63, 3.8) is 0 Å². The van der Waals surface area contributed by atoms with Crippen molar-refractivity contribution >= 4 is 22.4 Å². The van der Waals surface area contributed by atoms with Crippen LogP contribution in [0.4, 0.5) is 5.13 Å². The van der Waals surface area contributed by atoms with Crippen LogP contribution in [-0.2, 0) is 0 Å². The molecule has 1 aromatic heterocycles. The van der Waals surface area contributed by atoms with Gasteiger partial charge in [-0.2, -0.15) is 0 Å². The molecule has 0 bridgehead atoms. The Hall–Kier alpha value is -1.14. The van der Waals surface area contributed by atoms with Crippen LogP contribution < -0.4 is 10.2 Å². The average molecular weight is 268 g/mol. The molecule has 1 aliphatic rings. The molecule has 6 heteroatoms. The number of anilines is 1. The second-order valence-electron chi connectivity index (χ2n) is 4.22. The molecule has 0 radical (unpaired) electrons. The number of thiazole rings is 1. The van der Waals surface area contributed by atoms with E-state index >= 15 is 0 Å². The van der Waals surface area contributed by atoms with E-state index in [9.17, 15) is 4.79 Å². The predicted octanol–water partition coefficient (Wildman–Crippen LogP) is 1.03. The minimum absolute atomic E-state index is 0.118. The summed E-state index contributed by atoms with van der Waals surface area (Å²) in [7, 11) is 0. The van der Waals surface area contributed by atoms with E-state index in [4.69, 9.17) is 0 Å². The van der Waals surface area contributed by atoms with E-state index in [0.717, 1.165) is 49.3 Å². The molecular weight excluding hydrogens is 248 g/mol. The Bertz CT molecular complexity index is 397. The predicted molar refractivity (Wildman–Crippen MR) is 74.4 cm³/mol. The Labute approximate surface area is 112 Å². The van der Waals surface area contributed by atoms with E-state index in [1.807, 2.05) is 4.90 Å². The molecule has 2 heterocycles. The summed E-state index contributed by atoms with van der Waals surface area (Å²) in [4.78, 5) is 21.4. The van der Waals surface area contributed by atoms with Gasteiger partial charge in [0.15, 0.2) is 5.13 Å². The van der Waals surface area contributed by atoms with Gasteiger partial charge in [-0.1, -0.05) is 11.3 Å². The van der Waals surface area contributed by atoms with Gasteiger partial charge in [0.05, 0.1) is 6.20 Å². The fourth-order valence-corrected chi connectivity index (χ4v) is 3.04. The van der Waals surface area contributed by atoms with Gasteiger partial charge in [-0.15, -0.1) is 0 Å². The van der Waals surface area contributed by atoms with Crippen LogP contribution in [0, 0.1) is 0 Å². The summed E-state index contributed by atoms with van der Waals surface area (Å²) in [6.45, 7) is 9.39. The van der Waals surface area contributed by atoms with Gasteiger partial charge in [0.1, 0.15) is 4.88 Å². The van der Waals surface area contributed by atoms with E-state index in [-0.39, 0.29) is 5.91 Å². The number of nitrogens with one attached hydrogen (secondary N) is 1. The fourth-order valence-electron chi connectivity index (χ4n) is 2.03. The van der Waals surface area contributed by atoms with Crippen molar-refractivity contribution in [2.75, 3.05) is 44.2 Å². The Morgan fingerprint density at radius 2 is 2.11 bits per heavy atom. The first-order chi connectivity index (χ1) is 8.76. The number of piperazine rings is 1. The first-order valence-corrected chi connectivity index (χ1v) is 7.28. The number of nitrogens with zero attached hydrogens (tertiary/aromatic N) is 3. The van der Waals surface area contributed by atoms with Crippen LogP contribution in [0.5, 0.6) is 0 Å². The Morgan fingerprint density at radius 3 is 2.72 bits per heavy atom. The topological polar surface area (TPSA) is 48.5 Å². The van der Waals surface area contributed by atoms with Crippen molar-refractivity contribution in [2.45, 2.75) is 13.8 Å². The third kappa shape index (κ3) is 2.81. The Morgan fingerprint density at radius 1 is 1.44 bits per heavy atom. The maximum Gasteiger partial charge on any atom is 0.265 e. The number of carbonyl (C=O) groups is 1. The van der Waals surface area contributed by atoms with Crippen LogP contribution in [0.15, 0.2) is 6.20 Å². The molecule has 0 saturated carbocycles. The number of carbonyl (C=O) groups excluding carboxylic acids is 1. The third-order valence-electron chi connectivity index (χ3n) is 3.14. The lowest BCUT2D eigenvalue weighted by Gasteiger charge is -2.26. The Kier molecular flexibility index (Phi) is 4.54. The largest absolute Gasteiger partial charge is 0.349 e. The molecule has 18 heavy (non-hydrogen) atoms. The molecule has 0 spiro atoms. The van der Waals surface area contributed by atoms with E-state index in [1.165, 1.54) is 11.3 Å². The molecule has 0 aromatic carbocycles. The van der Waals surface area contributed by atoms with Gasteiger partial charge < -0.3 is 15.1 Å². The number of aromatic nitrogens is 1. The maximum atomic E-state index is 12.3. The monoisotopic (exact) mass is 268 g/mol. The average Bonchev–Trinajstić information content (AvgIpc) is 2.90. The molecule has 1 fully saturated rings. The zero-order chi connectivity index (χ0) is 13.0. The SMILES string of the molecule is CCN(CC)c1ncc(C(=O)N2CCNCC2)s1. The molecule has 1 aromatic rings. The second-order valence-corrected chi connectivity index (χ2v) is 5.23.